The Bertz CT molecular complexity index is 317. The van der Waals surface area contributed by atoms with Crippen molar-refractivity contribution in [1.29, 1.82) is 0 Å². The van der Waals surface area contributed by atoms with Crippen molar-refractivity contribution in [1.82, 2.24) is 9.78 Å². The van der Waals surface area contributed by atoms with E-state index in [9.17, 15) is 10.1 Å². The van der Waals surface area contributed by atoms with Gasteiger partial charge in [0.15, 0.2) is 0 Å². The second-order valence-corrected chi connectivity index (χ2v) is 2.58. The van der Waals surface area contributed by atoms with E-state index in [1.807, 2.05) is 6.92 Å². The van der Waals surface area contributed by atoms with Crippen LogP contribution < -0.4 is 0 Å². The summed E-state index contributed by atoms with van der Waals surface area (Å²) < 4.78 is 1.74. The largest absolute Gasteiger partial charge is 0.265 e. The van der Waals surface area contributed by atoms with E-state index in [0.29, 0.717) is 0 Å². The van der Waals surface area contributed by atoms with Crippen LogP contribution in [0, 0.1) is 10.1 Å². The van der Waals surface area contributed by atoms with Crippen LogP contribution in [0.15, 0.2) is 18.5 Å². The molecule has 0 aliphatic carbocycles. The molecule has 0 aromatic carbocycles. The summed E-state index contributed by atoms with van der Waals surface area (Å²) >= 11 is 0. The summed E-state index contributed by atoms with van der Waals surface area (Å²) in [6, 6.07) is 1.75. The summed E-state index contributed by atoms with van der Waals surface area (Å²) in [5.41, 5.74) is 0.763. The molecule has 0 spiro atoms. The molecule has 0 unspecified atom stereocenters. The fourth-order valence-electron chi connectivity index (χ4n) is 1.02. The minimum Gasteiger partial charge on any atom is -0.265 e. The predicted molar refractivity (Wildman–Crippen MR) is 48.5 cm³/mol. The zero-order valence-corrected chi connectivity index (χ0v) is 7.38. The molecule has 5 heteroatoms. The zero-order chi connectivity index (χ0) is 9.68. The highest BCUT2D eigenvalue weighted by atomic mass is 16.6. The third-order valence-electron chi connectivity index (χ3n) is 1.55. The van der Waals surface area contributed by atoms with Gasteiger partial charge in [0.2, 0.25) is 6.20 Å². The quantitative estimate of drug-likeness (QED) is 0.522. The molecule has 0 amide bonds. The minimum absolute atomic E-state index is 0.483. The Morgan fingerprint density at radius 3 is 3.15 bits per heavy atom. The first kappa shape index (κ1) is 9.44. The summed E-state index contributed by atoms with van der Waals surface area (Å²) in [6.07, 6.45) is 4.96. The number of nitro groups is 1. The second kappa shape index (κ2) is 4.39. The van der Waals surface area contributed by atoms with Crippen molar-refractivity contribution in [3.63, 3.8) is 0 Å². The first-order valence-corrected chi connectivity index (χ1v) is 4.07. The maximum Gasteiger partial charge on any atom is 0.236 e. The van der Waals surface area contributed by atoms with E-state index in [-0.39, 0.29) is 0 Å². The lowest BCUT2D eigenvalue weighted by molar-refractivity contribution is -0.401. The van der Waals surface area contributed by atoms with Gasteiger partial charge in [-0.3, -0.25) is 14.8 Å². The molecule has 0 N–H and O–H groups in total. The van der Waals surface area contributed by atoms with E-state index in [1.54, 1.807) is 16.9 Å². The van der Waals surface area contributed by atoms with Gasteiger partial charge in [0, 0.05) is 18.8 Å². The van der Waals surface area contributed by atoms with Gasteiger partial charge in [-0.25, -0.2) is 0 Å². The van der Waals surface area contributed by atoms with Crippen molar-refractivity contribution < 1.29 is 4.92 Å². The molecule has 70 valence electrons. The Morgan fingerprint density at radius 1 is 1.77 bits per heavy atom. The molecule has 13 heavy (non-hydrogen) atoms. The van der Waals surface area contributed by atoms with E-state index in [2.05, 4.69) is 5.10 Å². The van der Waals surface area contributed by atoms with Gasteiger partial charge in [-0.1, -0.05) is 6.92 Å². The highest BCUT2D eigenvalue weighted by molar-refractivity contribution is 5.42. The summed E-state index contributed by atoms with van der Waals surface area (Å²) in [6.45, 7) is 2.81. The summed E-state index contributed by atoms with van der Waals surface area (Å²) in [5.74, 6) is 0. The maximum absolute atomic E-state index is 10.1. The fraction of sp³-hybridized carbons (Fsp3) is 0.375. The molecule has 1 aromatic rings. The lowest BCUT2D eigenvalue weighted by Gasteiger charge is -1.99. The normalized spacial score (nSPS) is 10.8. The molecule has 0 saturated carbocycles. The molecule has 0 fully saturated rings. The van der Waals surface area contributed by atoms with Crippen molar-refractivity contribution in [3.8, 4) is 0 Å². The van der Waals surface area contributed by atoms with E-state index in [0.717, 1.165) is 24.9 Å². The van der Waals surface area contributed by atoms with Crippen molar-refractivity contribution in [3.05, 3.63) is 34.3 Å². The maximum atomic E-state index is 10.1. The molecular weight excluding hydrogens is 170 g/mol. The van der Waals surface area contributed by atoms with Crippen LogP contribution >= 0.6 is 0 Å². The minimum atomic E-state index is -0.483. The Kier molecular flexibility index (Phi) is 3.19. The second-order valence-electron chi connectivity index (χ2n) is 2.58. The van der Waals surface area contributed by atoms with Crippen LogP contribution in [0.2, 0.25) is 0 Å². The van der Waals surface area contributed by atoms with Crippen molar-refractivity contribution >= 4 is 6.08 Å². The van der Waals surface area contributed by atoms with Gasteiger partial charge < -0.3 is 0 Å². The van der Waals surface area contributed by atoms with Gasteiger partial charge in [-0.2, -0.15) is 5.10 Å². The van der Waals surface area contributed by atoms with Crippen molar-refractivity contribution in [2.45, 2.75) is 19.9 Å². The highest BCUT2D eigenvalue weighted by Crippen LogP contribution is 2.02. The molecule has 0 bridgehead atoms. The van der Waals surface area contributed by atoms with Gasteiger partial charge in [0.1, 0.15) is 0 Å². The topological polar surface area (TPSA) is 61.0 Å². The number of hydrogen-bond donors (Lipinski definition) is 0. The van der Waals surface area contributed by atoms with Crippen LogP contribution in [-0.4, -0.2) is 14.7 Å². The Morgan fingerprint density at radius 2 is 2.54 bits per heavy atom. The van der Waals surface area contributed by atoms with E-state index in [1.165, 1.54) is 6.08 Å². The van der Waals surface area contributed by atoms with Gasteiger partial charge in [-0.05, 0) is 12.5 Å². The molecule has 5 nitrogen and oxygen atoms in total. The highest BCUT2D eigenvalue weighted by Gasteiger charge is 1.98. The molecular formula is C8H11N3O2. The van der Waals surface area contributed by atoms with Crippen LogP contribution in [0.25, 0.3) is 6.08 Å². The third-order valence-corrected chi connectivity index (χ3v) is 1.55. The van der Waals surface area contributed by atoms with Crippen LogP contribution in [0.5, 0.6) is 0 Å². The van der Waals surface area contributed by atoms with Crippen LogP contribution in [-0.2, 0) is 6.54 Å². The van der Waals surface area contributed by atoms with Gasteiger partial charge >= 0.3 is 0 Å². The predicted octanol–water partition coefficient (Wildman–Crippen LogP) is 1.54. The monoisotopic (exact) mass is 181 g/mol. The first-order valence-electron chi connectivity index (χ1n) is 4.07. The molecule has 0 aliphatic rings. The molecule has 1 aromatic heterocycles. The lowest BCUT2D eigenvalue weighted by Crippen LogP contribution is -2.00. The summed E-state index contributed by atoms with van der Waals surface area (Å²) in [4.78, 5) is 9.57. The average molecular weight is 181 g/mol. The first-order chi connectivity index (χ1) is 6.24. The average Bonchev–Trinajstić information content (AvgIpc) is 2.49. The molecule has 1 rings (SSSR count). The Hall–Kier alpha value is -1.65. The van der Waals surface area contributed by atoms with Gasteiger partial charge in [0.05, 0.1) is 10.6 Å². The number of hydrogen-bond acceptors (Lipinski definition) is 3. The number of aryl methyl sites for hydroxylation is 1. The van der Waals surface area contributed by atoms with Gasteiger partial charge in [-0.15, -0.1) is 0 Å². The molecule has 1 heterocycles. The molecule has 0 aliphatic heterocycles. The zero-order valence-electron chi connectivity index (χ0n) is 7.38. The molecule has 0 radical (unpaired) electrons. The van der Waals surface area contributed by atoms with Crippen LogP contribution in [0.3, 0.4) is 0 Å². The molecule has 0 saturated heterocycles. The number of aromatic nitrogens is 2. The van der Waals surface area contributed by atoms with Crippen LogP contribution in [0.4, 0.5) is 0 Å². The van der Waals surface area contributed by atoms with E-state index >= 15 is 0 Å². The molecule has 0 atom stereocenters. The van der Waals surface area contributed by atoms with E-state index in [4.69, 9.17) is 0 Å². The lowest BCUT2D eigenvalue weighted by atomic mass is 10.4. The Balaban J connectivity index is 2.75. The Labute approximate surface area is 75.8 Å². The fourth-order valence-corrected chi connectivity index (χ4v) is 1.02. The smallest absolute Gasteiger partial charge is 0.236 e. The number of rotatable bonds is 4. The van der Waals surface area contributed by atoms with Crippen LogP contribution in [0.1, 0.15) is 19.0 Å². The summed E-state index contributed by atoms with van der Waals surface area (Å²) in [5, 5.41) is 14.1. The van der Waals surface area contributed by atoms with Gasteiger partial charge in [0.25, 0.3) is 0 Å². The third kappa shape index (κ3) is 2.70. The number of nitrogens with zero attached hydrogens (tertiary/aromatic N) is 3. The standard InChI is InChI=1S/C8H11N3O2/c1-2-6-10-8(3-5-9-10)4-7-11(12)13/h3-5,7H,2,6H2,1H3/b7-4+. The van der Waals surface area contributed by atoms with Crippen molar-refractivity contribution in [2.75, 3.05) is 0 Å². The van der Waals surface area contributed by atoms with E-state index < -0.39 is 4.92 Å². The summed E-state index contributed by atoms with van der Waals surface area (Å²) in [7, 11) is 0. The van der Waals surface area contributed by atoms with Crippen molar-refractivity contribution in [2.24, 2.45) is 0 Å². The SMILES string of the molecule is CCCn1nccc1/C=C/[N+](=O)[O-].